The summed E-state index contributed by atoms with van der Waals surface area (Å²) in [6.45, 7) is 2.28. The molecular weight excluding hydrogens is 206 g/mol. The third-order valence-electron chi connectivity index (χ3n) is 1.29. The van der Waals surface area contributed by atoms with E-state index in [2.05, 4.69) is 15.0 Å². The van der Waals surface area contributed by atoms with Crippen LogP contribution in [-0.2, 0) is 0 Å². The van der Waals surface area contributed by atoms with Gasteiger partial charge in [-0.15, -0.1) is 4.98 Å². The highest BCUT2D eigenvalue weighted by molar-refractivity contribution is 6.28. The van der Waals surface area contributed by atoms with E-state index in [4.69, 9.17) is 21.1 Å². The number of hydrogen-bond donors (Lipinski definition) is 0. The minimum absolute atomic E-state index is 0.0485. The Balaban J connectivity index is 2.71. The quantitative estimate of drug-likeness (QED) is 0.713. The fraction of sp³-hybridized carbons (Fsp3) is 0.375. The summed E-state index contributed by atoms with van der Waals surface area (Å²) in [7, 11) is 1.45. The summed E-state index contributed by atoms with van der Waals surface area (Å²) in [6, 6.07) is 0.292. The number of halogens is 1. The topological polar surface area (TPSA) is 57.1 Å². The largest absolute Gasteiger partial charge is 0.467 e. The van der Waals surface area contributed by atoms with E-state index < -0.39 is 0 Å². The van der Waals surface area contributed by atoms with Gasteiger partial charge in [-0.1, -0.05) is 12.2 Å². The maximum atomic E-state index is 5.60. The van der Waals surface area contributed by atoms with Gasteiger partial charge < -0.3 is 9.47 Å². The number of methoxy groups -OCH3 is 1. The van der Waals surface area contributed by atoms with Crippen molar-refractivity contribution < 1.29 is 9.47 Å². The number of rotatable bonds is 4. The maximum Gasteiger partial charge on any atom is 0.324 e. The molecular formula is C8H10ClN3O2. The van der Waals surface area contributed by atoms with Gasteiger partial charge in [-0.3, -0.25) is 0 Å². The molecule has 1 aromatic rings. The summed E-state index contributed by atoms with van der Waals surface area (Å²) in [5.74, 6) is 0. The minimum Gasteiger partial charge on any atom is -0.467 e. The first-order chi connectivity index (χ1) is 6.76. The summed E-state index contributed by atoms with van der Waals surface area (Å²) < 4.78 is 9.95. The number of ether oxygens (including phenoxy) is 2. The molecule has 0 unspecified atom stereocenters. The molecule has 1 heterocycles. The normalized spacial score (nSPS) is 10.5. The monoisotopic (exact) mass is 215 g/mol. The fourth-order valence-electron chi connectivity index (χ4n) is 0.689. The summed E-state index contributed by atoms with van der Waals surface area (Å²) in [5, 5.41) is 0.0485. The molecule has 1 rings (SSSR count). The first kappa shape index (κ1) is 10.7. The van der Waals surface area contributed by atoms with Crippen LogP contribution in [0.1, 0.15) is 6.92 Å². The molecule has 0 aliphatic carbocycles. The van der Waals surface area contributed by atoms with Gasteiger partial charge in [0.1, 0.15) is 6.61 Å². The van der Waals surface area contributed by atoms with Crippen molar-refractivity contribution in [1.82, 2.24) is 15.0 Å². The van der Waals surface area contributed by atoms with Crippen LogP contribution in [0.25, 0.3) is 0 Å². The number of nitrogens with zero attached hydrogens (tertiary/aromatic N) is 3. The van der Waals surface area contributed by atoms with Gasteiger partial charge >= 0.3 is 12.0 Å². The van der Waals surface area contributed by atoms with Crippen LogP contribution in [0.5, 0.6) is 12.0 Å². The molecule has 0 aromatic carbocycles. The average Bonchev–Trinajstić information content (AvgIpc) is 2.17. The van der Waals surface area contributed by atoms with E-state index in [9.17, 15) is 0 Å². The Bertz CT molecular complexity index is 330. The second-order valence-electron chi connectivity index (χ2n) is 2.25. The fourth-order valence-corrected chi connectivity index (χ4v) is 0.834. The molecule has 0 aliphatic heterocycles. The second kappa shape index (κ2) is 5.39. The zero-order valence-corrected chi connectivity index (χ0v) is 8.65. The Morgan fingerprint density at radius 2 is 2.00 bits per heavy atom. The summed E-state index contributed by atoms with van der Waals surface area (Å²) >= 11 is 5.60. The van der Waals surface area contributed by atoms with Gasteiger partial charge in [-0.2, -0.15) is 9.97 Å². The molecule has 0 saturated carbocycles. The first-order valence-corrected chi connectivity index (χ1v) is 4.33. The van der Waals surface area contributed by atoms with E-state index in [0.717, 1.165) is 0 Å². The summed E-state index contributed by atoms with van der Waals surface area (Å²) in [6.07, 6.45) is 3.68. The minimum atomic E-state index is 0.0485. The smallest absolute Gasteiger partial charge is 0.324 e. The molecule has 14 heavy (non-hydrogen) atoms. The highest BCUT2D eigenvalue weighted by Crippen LogP contribution is 2.12. The zero-order valence-electron chi connectivity index (χ0n) is 7.90. The predicted molar refractivity (Wildman–Crippen MR) is 51.7 cm³/mol. The molecule has 0 fully saturated rings. The lowest BCUT2D eigenvalue weighted by Crippen LogP contribution is -2.02. The van der Waals surface area contributed by atoms with E-state index in [-0.39, 0.29) is 17.3 Å². The van der Waals surface area contributed by atoms with Crippen molar-refractivity contribution >= 4 is 11.6 Å². The SMILES string of the molecule is CC=CCOc1nc(Cl)nc(OC)n1. The molecule has 0 saturated heterocycles. The van der Waals surface area contributed by atoms with Crippen molar-refractivity contribution in [3.8, 4) is 12.0 Å². The van der Waals surface area contributed by atoms with Crippen molar-refractivity contribution in [2.45, 2.75) is 6.92 Å². The van der Waals surface area contributed by atoms with Crippen LogP contribution in [0.2, 0.25) is 5.28 Å². The van der Waals surface area contributed by atoms with Gasteiger partial charge in [-0.25, -0.2) is 0 Å². The average molecular weight is 216 g/mol. The lowest BCUT2D eigenvalue weighted by atomic mass is 10.6. The van der Waals surface area contributed by atoms with Crippen LogP contribution in [0.15, 0.2) is 12.2 Å². The third-order valence-corrected chi connectivity index (χ3v) is 1.46. The molecule has 0 amide bonds. The number of aromatic nitrogens is 3. The Hall–Kier alpha value is -1.36. The van der Waals surface area contributed by atoms with Crippen molar-refractivity contribution in [2.24, 2.45) is 0 Å². The molecule has 5 nitrogen and oxygen atoms in total. The van der Waals surface area contributed by atoms with Crippen molar-refractivity contribution in [1.29, 1.82) is 0 Å². The van der Waals surface area contributed by atoms with Gasteiger partial charge in [0, 0.05) is 0 Å². The van der Waals surface area contributed by atoms with E-state index in [1.54, 1.807) is 0 Å². The molecule has 0 bridgehead atoms. The van der Waals surface area contributed by atoms with Crippen molar-refractivity contribution in [3.05, 3.63) is 17.4 Å². The van der Waals surface area contributed by atoms with Gasteiger partial charge in [-0.05, 0) is 18.5 Å². The van der Waals surface area contributed by atoms with Crippen LogP contribution in [0.4, 0.5) is 0 Å². The van der Waals surface area contributed by atoms with Gasteiger partial charge in [0.15, 0.2) is 0 Å². The van der Waals surface area contributed by atoms with E-state index >= 15 is 0 Å². The zero-order chi connectivity index (χ0) is 10.4. The Labute approximate surface area is 86.8 Å². The van der Waals surface area contributed by atoms with E-state index in [0.29, 0.717) is 6.61 Å². The lowest BCUT2D eigenvalue weighted by Gasteiger charge is -2.02. The number of hydrogen-bond acceptors (Lipinski definition) is 5. The van der Waals surface area contributed by atoms with E-state index in [1.165, 1.54) is 7.11 Å². The highest BCUT2D eigenvalue weighted by Gasteiger charge is 2.04. The van der Waals surface area contributed by atoms with Crippen molar-refractivity contribution in [3.63, 3.8) is 0 Å². The highest BCUT2D eigenvalue weighted by atomic mass is 35.5. The van der Waals surface area contributed by atoms with E-state index in [1.807, 2.05) is 19.1 Å². The van der Waals surface area contributed by atoms with Crippen LogP contribution < -0.4 is 9.47 Å². The predicted octanol–water partition coefficient (Wildman–Crippen LogP) is 1.49. The van der Waals surface area contributed by atoms with Crippen LogP contribution in [0.3, 0.4) is 0 Å². The van der Waals surface area contributed by atoms with Gasteiger partial charge in [0.2, 0.25) is 5.28 Å². The molecule has 0 N–H and O–H groups in total. The molecule has 76 valence electrons. The standard InChI is InChI=1S/C8H10ClN3O2/c1-3-4-5-14-8-11-6(9)10-7(12-8)13-2/h3-4H,5H2,1-2H3. The molecule has 6 heteroatoms. The Morgan fingerprint density at radius 3 is 2.64 bits per heavy atom. The van der Waals surface area contributed by atoms with Crippen LogP contribution >= 0.6 is 11.6 Å². The maximum absolute atomic E-state index is 5.60. The molecule has 1 aromatic heterocycles. The van der Waals surface area contributed by atoms with Crippen LogP contribution in [0, 0.1) is 0 Å². The molecule has 0 aliphatic rings. The van der Waals surface area contributed by atoms with Gasteiger partial charge in [0.25, 0.3) is 0 Å². The van der Waals surface area contributed by atoms with Gasteiger partial charge in [0.05, 0.1) is 7.11 Å². The first-order valence-electron chi connectivity index (χ1n) is 3.95. The Kier molecular flexibility index (Phi) is 4.12. The second-order valence-corrected chi connectivity index (χ2v) is 2.59. The summed E-state index contributed by atoms with van der Waals surface area (Å²) in [5.41, 5.74) is 0. The van der Waals surface area contributed by atoms with Crippen LogP contribution in [-0.4, -0.2) is 28.7 Å². The third kappa shape index (κ3) is 3.18. The summed E-state index contributed by atoms with van der Waals surface area (Å²) in [4.78, 5) is 11.3. The molecule has 0 radical (unpaired) electrons. The lowest BCUT2D eigenvalue weighted by molar-refractivity contribution is 0.312. The number of allylic oxidation sites excluding steroid dienone is 1. The molecule has 0 spiro atoms. The Morgan fingerprint density at radius 1 is 1.29 bits per heavy atom. The van der Waals surface area contributed by atoms with Crippen molar-refractivity contribution in [2.75, 3.05) is 13.7 Å². The molecule has 0 atom stereocenters.